The molecule has 5 aromatic rings. The van der Waals surface area contributed by atoms with Crippen LogP contribution in [0.4, 0.5) is 17.2 Å². The van der Waals surface area contributed by atoms with Crippen LogP contribution in [-0.4, -0.2) is 28.0 Å². The number of pyridine rings is 1. The minimum atomic E-state index is -0.387. The number of carbonyl (C=O) groups is 1. The summed E-state index contributed by atoms with van der Waals surface area (Å²) in [4.78, 5) is 22.8. The maximum absolute atomic E-state index is 12.0. The van der Waals surface area contributed by atoms with Gasteiger partial charge >= 0.3 is 5.97 Å². The van der Waals surface area contributed by atoms with E-state index < -0.39 is 0 Å². The van der Waals surface area contributed by atoms with E-state index in [4.69, 9.17) is 4.74 Å². The van der Waals surface area contributed by atoms with Crippen LogP contribution in [0.1, 0.15) is 15.9 Å². The number of esters is 1. The fraction of sp³-hybridized carbons (Fsp3) is 0.0833. The van der Waals surface area contributed by atoms with Crippen molar-refractivity contribution in [1.29, 1.82) is 0 Å². The number of hydrogen-bond acceptors (Lipinski definition) is 5. The molecule has 0 aliphatic carbocycles. The molecule has 0 radical (unpaired) electrons. The highest BCUT2D eigenvalue weighted by atomic mass is 16.5. The largest absolute Gasteiger partial charge is 0.465 e. The minimum absolute atomic E-state index is 0.387. The van der Waals surface area contributed by atoms with Crippen molar-refractivity contribution in [2.24, 2.45) is 0 Å². The second-order valence-corrected chi connectivity index (χ2v) is 7.26. The molecule has 0 unspecified atom stereocenters. The third kappa shape index (κ3) is 3.81. The number of aromatic amines is 2. The predicted molar refractivity (Wildman–Crippen MR) is 123 cm³/mol. The Hall–Kier alpha value is -4.26. The van der Waals surface area contributed by atoms with Gasteiger partial charge in [0.1, 0.15) is 5.82 Å². The first-order valence-electron chi connectivity index (χ1n) is 9.92. The summed E-state index contributed by atoms with van der Waals surface area (Å²) in [5.41, 5.74) is 5.36. The van der Waals surface area contributed by atoms with Gasteiger partial charge in [0.25, 0.3) is 0 Å². The molecule has 7 heteroatoms. The molecule has 154 valence electrons. The lowest BCUT2D eigenvalue weighted by atomic mass is 10.1. The number of nitrogens with one attached hydrogen (secondary N) is 4. The van der Waals surface area contributed by atoms with Gasteiger partial charge in [0, 0.05) is 59.0 Å². The lowest BCUT2D eigenvalue weighted by molar-refractivity contribution is 0.0601. The molecule has 0 amide bonds. The number of rotatable bonds is 6. The summed E-state index contributed by atoms with van der Waals surface area (Å²) in [6, 6.07) is 17.8. The van der Waals surface area contributed by atoms with Gasteiger partial charge in [-0.3, -0.25) is 0 Å². The Bertz CT molecular complexity index is 1390. The van der Waals surface area contributed by atoms with Crippen molar-refractivity contribution < 1.29 is 9.53 Å². The molecule has 0 atom stereocenters. The van der Waals surface area contributed by atoms with Crippen LogP contribution in [0.2, 0.25) is 0 Å². The zero-order chi connectivity index (χ0) is 21.2. The molecule has 0 saturated carbocycles. The highest BCUT2D eigenvalue weighted by Crippen LogP contribution is 2.28. The van der Waals surface area contributed by atoms with E-state index >= 15 is 0 Å². The quantitative estimate of drug-likeness (QED) is 0.289. The number of H-pyrrole nitrogens is 2. The van der Waals surface area contributed by atoms with Gasteiger partial charge in [-0.05, 0) is 53.4 Å². The first-order valence-corrected chi connectivity index (χ1v) is 9.92. The van der Waals surface area contributed by atoms with Crippen LogP contribution in [0.3, 0.4) is 0 Å². The van der Waals surface area contributed by atoms with Crippen LogP contribution in [0, 0.1) is 0 Å². The van der Waals surface area contributed by atoms with Crippen LogP contribution in [-0.2, 0) is 11.3 Å². The second kappa shape index (κ2) is 7.87. The Morgan fingerprint density at radius 2 is 1.87 bits per heavy atom. The zero-order valence-corrected chi connectivity index (χ0v) is 16.9. The molecule has 0 spiro atoms. The number of hydrogen-bond donors (Lipinski definition) is 4. The Morgan fingerprint density at radius 3 is 2.77 bits per heavy atom. The lowest BCUT2D eigenvalue weighted by Gasteiger charge is -2.12. The molecular formula is C24H21N5O2. The summed E-state index contributed by atoms with van der Waals surface area (Å²) < 4.78 is 4.87. The van der Waals surface area contributed by atoms with E-state index in [-0.39, 0.29) is 5.97 Å². The van der Waals surface area contributed by atoms with Gasteiger partial charge in [-0.1, -0.05) is 6.07 Å². The van der Waals surface area contributed by atoms with Crippen molar-refractivity contribution in [3.05, 3.63) is 84.3 Å². The highest BCUT2D eigenvalue weighted by molar-refractivity contribution is 6.01. The van der Waals surface area contributed by atoms with E-state index in [1.54, 1.807) is 18.3 Å². The normalized spacial score (nSPS) is 11.0. The summed E-state index contributed by atoms with van der Waals surface area (Å²) in [5, 5.41) is 8.93. The molecule has 5 rings (SSSR count). The van der Waals surface area contributed by atoms with Gasteiger partial charge in [0.15, 0.2) is 0 Å². The average Bonchev–Trinajstić information content (AvgIpc) is 3.46. The molecule has 0 fully saturated rings. The number of anilines is 3. The van der Waals surface area contributed by atoms with Crippen molar-refractivity contribution in [1.82, 2.24) is 15.0 Å². The first-order chi connectivity index (χ1) is 15.2. The summed E-state index contributed by atoms with van der Waals surface area (Å²) in [6.45, 7) is 0.699. The minimum Gasteiger partial charge on any atom is -0.465 e. The summed E-state index contributed by atoms with van der Waals surface area (Å²) in [7, 11) is 1.37. The number of nitrogens with zero attached hydrogens (tertiary/aromatic N) is 1. The standard InChI is InChI=1S/C24H21N5O2/c1-31-24(30)17-11-21-19(6-9-26-21)22(12-17)29-23-13-18(5-8-27-23)28-14-15-2-3-20-16(10-15)4-7-25-20/h2-13,25-26H,14H2,1H3,(H2,27,28,29). The molecule has 3 aromatic heterocycles. The molecule has 2 aromatic carbocycles. The van der Waals surface area contributed by atoms with E-state index in [0.29, 0.717) is 17.9 Å². The van der Waals surface area contributed by atoms with Crippen LogP contribution in [0.5, 0.6) is 0 Å². The van der Waals surface area contributed by atoms with Crippen molar-refractivity contribution in [3.63, 3.8) is 0 Å². The molecular weight excluding hydrogens is 390 g/mol. The number of methoxy groups -OCH3 is 1. The fourth-order valence-corrected chi connectivity index (χ4v) is 3.67. The van der Waals surface area contributed by atoms with Gasteiger partial charge in [-0.15, -0.1) is 0 Å². The summed E-state index contributed by atoms with van der Waals surface area (Å²) in [6.07, 6.45) is 5.53. The van der Waals surface area contributed by atoms with Crippen LogP contribution in [0.15, 0.2) is 73.2 Å². The first kappa shape index (κ1) is 18.7. The Kier molecular flexibility index (Phi) is 4.76. The van der Waals surface area contributed by atoms with E-state index in [1.165, 1.54) is 18.1 Å². The van der Waals surface area contributed by atoms with Gasteiger partial charge in [0.05, 0.1) is 12.7 Å². The predicted octanol–water partition coefficient (Wildman–Crippen LogP) is 5.19. The summed E-state index contributed by atoms with van der Waals surface area (Å²) >= 11 is 0. The molecule has 31 heavy (non-hydrogen) atoms. The number of aromatic nitrogens is 3. The van der Waals surface area contributed by atoms with Gasteiger partial charge < -0.3 is 25.3 Å². The van der Waals surface area contributed by atoms with Crippen LogP contribution >= 0.6 is 0 Å². The average molecular weight is 411 g/mol. The number of fused-ring (bicyclic) bond motifs is 2. The Labute approximate surface area is 178 Å². The molecule has 0 aliphatic rings. The maximum Gasteiger partial charge on any atom is 0.337 e. The van der Waals surface area contributed by atoms with E-state index in [1.807, 2.05) is 30.6 Å². The topological polar surface area (TPSA) is 94.8 Å². The molecule has 7 nitrogen and oxygen atoms in total. The fourth-order valence-electron chi connectivity index (χ4n) is 3.67. The van der Waals surface area contributed by atoms with E-state index in [0.717, 1.165) is 27.8 Å². The SMILES string of the molecule is COC(=O)c1cc(Nc2cc(NCc3ccc4[nH]ccc4c3)ccn2)c2cc[nH]c2c1. The van der Waals surface area contributed by atoms with Gasteiger partial charge in [0.2, 0.25) is 0 Å². The molecule has 0 saturated heterocycles. The van der Waals surface area contributed by atoms with Crippen LogP contribution in [0.25, 0.3) is 21.8 Å². The monoisotopic (exact) mass is 411 g/mol. The molecule has 4 N–H and O–H groups in total. The van der Waals surface area contributed by atoms with Gasteiger partial charge in [-0.25, -0.2) is 9.78 Å². The van der Waals surface area contributed by atoms with Crippen molar-refractivity contribution in [2.45, 2.75) is 6.54 Å². The molecule has 0 bridgehead atoms. The Balaban J connectivity index is 1.36. The van der Waals surface area contributed by atoms with E-state index in [9.17, 15) is 4.79 Å². The molecule has 0 aliphatic heterocycles. The van der Waals surface area contributed by atoms with E-state index in [2.05, 4.69) is 49.9 Å². The second-order valence-electron chi connectivity index (χ2n) is 7.26. The highest BCUT2D eigenvalue weighted by Gasteiger charge is 2.12. The number of carbonyl (C=O) groups excluding carboxylic acids is 1. The number of ether oxygens (including phenoxy) is 1. The third-order valence-electron chi connectivity index (χ3n) is 5.23. The number of benzene rings is 2. The van der Waals surface area contributed by atoms with Crippen molar-refractivity contribution >= 4 is 45.0 Å². The smallest absolute Gasteiger partial charge is 0.337 e. The maximum atomic E-state index is 12.0. The van der Waals surface area contributed by atoms with Crippen molar-refractivity contribution in [2.75, 3.05) is 17.7 Å². The molecule has 3 heterocycles. The summed E-state index contributed by atoms with van der Waals surface area (Å²) in [5.74, 6) is 0.290. The Morgan fingerprint density at radius 1 is 1.00 bits per heavy atom. The van der Waals surface area contributed by atoms with Crippen LogP contribution < -0.4 is 10.6 Å². The third-order valence-corrected chi connectivity index (χ3v) is 5.23. The lowest BCUT2D eigenvalue weighted by Crippen LogP contribution is -2.03. The van der Waals surface area contributed by atoms with Crippen molar-refractivity contribution in [3.8, 4) is 0 Å². The zero-order valence-electron chi connectivity index (χ0n) is 16.9. The van der Waals surface area contributed by atoms with Gasteiger partial charge in [-0.2, -0.15) is 0 Å².